The maximum absolute atomic E-state index is 12.8. The molecule has 6 heteroatoms. The van der Waals surface area contributed by atoms with E-state index in [2.05, 4.69) is 17.9 Å². The number of aryl methyl sites for hydroxylation is 2. The summed E-state index contributed by atoms with van der Waals surface area (Å²) >= 11 is 0. The Balaban J connectivity index is 1.88. The van der Waals surface area contributed by atoms with Gasteiger partial charge in [-0.25, -0.2) is 14.3 Å². The molecule has 1 heterocycles. The molecule has 0 spiro atoms. The quantitative estimate of drug-likeness (QED) is 0.551. The number of unbranched alkanes of at least 4 members (excludes halogenated alkanes) is 1. The molecule has 1 aromatic heterocycles. The van der Waals surface area contributed by atoms with Crippen LogP contribution in [-0.2, 0) is 19.5 Å². The molecule has 3 rings (SSSR count). The van der Waals surface area contributed by atoms with Gasteiger partial charge >= 0.3 is 11.7 Å². The summed E-state index contributed by atoms with van der Waals surface area (Å²) in [6.45, 7) is 2.92. The van der Waals surface area contributed by atoms with Crippen molar-refractivity contribution in [3.05, 3.63) is 76.0 Å². The fourth-order valence-electron chi connectivity index (χ4n) is 3.37. The third-order valence-corrected chi connectivity index (χ3v) is 4.98. The molecule has 0 atom stereocenters. The van der Waals surface area contributed by atoms with E-state index in [1.54, 1.807) is 22.8 Å². The highest BCUT2D eigenvalue weighted by Crippen LogP contribution is 2.24. The second kappa shape index (κ2) is 9.75. The average Bonchev–Trinajstić information content (AvgIpc) is 3.05. The lowest BCUT2D eigenvalue weighted by molar-refractivity contribution is 0.0697. The Bertz CT molecular complexity index is 1120. The summed E-state index contributed by atoms with van der Waals surface area (Å²) in [6.07, 6.45) is 8.50. The molecule has 30 heavy (non-hydrogen) atoms. The normalized spacial score (nSPS) is 10.7. The first kappa shape index (κ1) is 21.1. The lowest BCUT2D eigenvalue weighted by Gasteiger charge is -2.09. The van der Waals surface area contributed by atoms with Crippen molar-refractivity contribution >= 4 is 5.97 Å². The molecule has 0 saturated carbocycles. The minimum atomic E-state index is -0.957. The second-order valence-electron chi connectivity index (χ2n) is 7.11. The number of benzene rings is 2. The number of terminal acetylenes is 1. The highest BCUT2D eigenvalue weighted by Gasteiger charge is 2.14. The van der Waals surface area contributed by atoms with Gasteiger partial charge in [0, 0.05) is 12.8 Å². The molecule has 154 valence electrons. The van der Waals surface area contributed by atoms with E-state index in [0.717, 1.165) is 36.2 Å². The molecule has 0 saturated heterocycles. The molecule has 3 aromatic rings. The van der Waals surface area contributed by atoms with E-state index >= 15 is 0 Å². The molecular formula is C24H25N3O3. The Hall–Kier alpha value is -3.59. The minimum absolute atomic E-state index is 0.156. The van der Waals surface area contributed by atoms with E-state index in [-0.39, 0.29) is 11.3 Å². The first-order valence-electron chi connectivity index (χ1n) is 10.1. The van der Waals surface area contributed by atoms with E-state index in [1.165, 1.54) is 4.68 Å². The van der Waals surface area contributed by atoms with E-state index in [0.29, 0.717) is 25.1 Å². The van der Waals surface area contributed by atoms with Gasteiger partial charge in [0.25, 0.3) is 0 Å². The largest absolute Gasteiger partial charge is 0.478 e. The minimum Gasteiger partial charge on any atom is -0.478 e. The van der Waals surface area contributed by atoms with Crippen LogP contribution >= 0.6 is 0 Å². The third kappa shape index (κ3) is 4.69. The molecule has 0 aliphatic heterocycles. The molecule has 0 radical (unpaired) electrons. The summed E-state index contributed by atoms with van der Waals surface area (Å²) in [5.74, 6) is 2.35. The zero-order chi connectivity index (χ0) is 21.5. The predicted octanol–water partition coefficient (Wildman–Crippen LogP) is 3.82. The van der Waals surface area contributed by atoms with Crippen molar-refractivity contribution in [1.29, 1.82) is 0 Å². The van der Waals surface area contributed by atoms with E-state index in [4.69, 9.17) is 6.42 Å². The molecule has 0 bridgehead atoms. The van der Waals surface area contributed by atoms with Gasteiger partial charge in [-0.2, -0.15) is 5.10 Å². The van der Waals surface area contributed by atoms with Crippen LogP contribution in [0.5, 0.6) is 0 Å². The molecule has 0 unspecified atom stereocenters. The van der Waals surface area contributed by atoms with Crippen molar-refractivity contribution in [3.8, 4) is 23.5 Å². The molecule has 6 nitrogen and oxygen atoms in total. The third-order valence-electron chi connectivity index (χ3n) is 4.98. The smallest absolute Gasteiger partial charge is 0.346 e. The number of hydrogen-bond acceptors (Lipinski definition) is 3. The van der Waals surface area contributed by atoms with Crippen molar-refractivity contribution in [2.45, 2.75) is 45.7 Å². The van der Waals surface area contributed by atoms with Crippen LogP contribution in [0.2, 0.25) is 0 Å². The number of aromatic nitrogens is 3. The number of aromatic carboxylic acids is 1. The zero-order valence-electron chi connectivity index (χ0n) is 17.0. The summed E-state index contributed by atoms with van der Waals surface area (Å²) in [5.41, 5.74) is 2.54. The van der Waals surface area contributed by atoms with Gasteiger partial charge < -0.3 is 5.11 Å². The highest BCUT2D eigenvalue weighted by atomic mass is 16.4. The van der Waals surface area contributed by atoms with Gasteiger partial charge in [-0.15, -0.1) is 12.3 Å². The Kier molecular flexibility index (Phi) is 6.87. The number of carbonyl (C=O) groups is 1. The summed E-state index contributed by atoms with van der Waals surface area (Å²) in [6, 6.07) is 14.5. The maximum Gasteiger partial charge on any atom is 0.346 e. The standard InChI is InChI=1S/C24H25N3O3/c1-3-5-11-22-25-27(16-6-4-2)24(30)26(22)17-18-12-14-19(15-13-18)20-9-7-8-10-21(20)23(28)29/h2,7-10,12-15H,3,5-6,11,16-17H2,1H3,(H,28,29). The first-order valence-corrected chi connectivity index (χ1v) is 10.1. The van der Waals surface area contributed by atoms with Crippen LogP contribution in [0.4, 0.5) is 0 Å². The van der Waals surface area contributed by atoms with Crippen LogP contribution in [0.3, 0.4) is 0 Å². The van der Waals surface area contributed by atoms with Gasteiger partial charge in [0.15, 0.2) is 0 Å². The molecule has 1 N–H and O–H groups in total. The Morgan fingerprint density at radius 2 is 1.90 bits per heavy atom. The molecule has 2 aromatic carbocycles. The fraction of sp³-hybridized carbons (Fsp3) is 0.292. The fourth-order valence-corrected chi connectivity index (χ4v) is 3.37. The van der Waals surface area contributed by atoms with Crippen LogP contribution in [0.25, 0.3) is 11.1 Å². The number of nitrogens with zero attached hydrogens (tertiary/aromatic N) is 3. The van der Waals surface area contributed by atoms with Crippen LogP contribution in [0.1, 0.15) is 47.9 Å². The number of hydrogen-bond donors (Lipinski definition) is 1. The Labute approximate surface area is 175 Å². The lowest BCUT2D eigenvalue weighted by atomic mass is 9.99. The molecule has 0 amide bonds. The van der Waals surface area contributed by atoms with E-state index in [1.807, 2.05) is 30.3 Å². The maximum atomic E-state index is 12.8. The lowest BCUT2D eigenvalue weighted by Crippen LogP contribution is -2.26. The topological polar surface area (TPSA) is 77.1 Å². The van der Waals surface area contributed by atoms with Gasteiger partial charge in [0.1, 0.15) is 5.82 Å². The SMILES string of the molecule is C#CCCn1nc(CCCC)n(Cc2ccc(-c3ccccc3C(=O)O)cc2)c1=O. The summed E-state index contributed by atoms with van der Waals surface area (Å²) < 4.78 is 3.15. The van der Waals surface area contributed by atoms with Crippen LogP contribution in [-0.4, -0.2) is 25.4 Å². The monoisotopic (exact) mass is 403 g/mol. The summed E-state index contributed by atoms with van der Waals surface area (Å²) in [7, 11) is 0. The van der Waals surface area contributed by atoms with Crippen LogP contribution in [0.15, 0.2) is 53.3 Å². The second-order valence-corrected chi connectivity index (χ2v) is 7.11. The average molecular weight is 403 g/mol. The predicted molar refractivity (Wildman–Crippen MR) is 116 cm³/mol. The number of carboxylic acids is 1. The zero-order valence-corrected chi connectivity index (χ0v) is 17.0. The summed E-state index contributed by atoms with van der Waals surface area (Å²) in [4.78, 5) is 24.3. The number of rotatable bonds is 9. The van der Waals surface area contributed by atoms with Crippen molar-refractivity contribution in [1.82, 2.24) is 14.3 Å². The Morgan fingerprint density at radius 3 is 2.57 bits per heavy atom. The van der Waals surface area contributed by atoms with Crippen LogP contribution < -0.4 is 5.69 Å². The Morgan fingerprint density at radius 1 is 1.17 bits per heavy atom. The van der Waals surface area contributed by atoms with Crippen molar-refractivity contribution in [2.75, 3.05) is 0 Å². The molecular weight excluding hydrogens is 378 g/mol. The molecule has 0 aliphatic rings. The summed E-state index contributed by atoms with van der Waals surface area (Å²) in [5, 5.41) is 13.9. The van der Waals surface area contributed by atoms with Gasteiger partial charge in [-0.05, 0) is 29.2 Å². The van der Waals surface area contributed by atoms with Gasteiger partial charge in [0.2, 0.25) is 0 Å². The van der Waals surface area contributed by atoms with Crippen molar-refractivity contribution in [3.63, 3.8) is 0 Å². The number of carboxylic acid groups (broad SMARTS) is 1. The van der Waals surface area contributed by atoms with Gasteiger partial charge in [-0.1, -0.05) is 55.8 Å². The van der Waals surface area contributed by atoms with Crippen LogP contribution in [0, 0.1) is 12.3 Å². The molecule has 0 aliphatic carbocycles. The van der Waals surface area contributed by atoms with Crippen molar-refractivity contribution < 1.29 is 9.90 Å². The van der Waals surface area contributed by atoms with E-state index in [9.17, 15) is 14.7 Å². The van der Waals surface area contributed by atoms with Gasteiger partial charge in [-0.3, -0.25) is 4.57 Å². The molecule has 0 fully saturated rings. The van der Waals surface area contributed by atoms with E-state index < -0.39 is 5.97 Å². The van der Waals surface area contributed by atoms with Crippen molar-refractivity contribution in [2.24, 2.45) is 0 Å². The first-order chi connectivity index (χ1) is 14.5. The van der Waals surface area contributed by atoms with Gasteiger partial charge in [0.05, 0.1) is 18.7 Å². The highest BCUT2D eigenvalue weighted by molar-refractivity contribution is 5.95.